The van der Waals surface area contributed by atoms with Crippen LogP contribution in [0.1, 0.15) is 39.7 Å². The highest BCUT2D eigenvalue weighted by atomic mass is 16.6. The number of nitriles is 1. The fourth-order valence-corrected chi connectivity index (χ4v) is 3.38. The molecule has 1 amide bonds. The molecule has 1 fully saturated rings. The van der Waals surface area contributed by atoms with Gasteiger partial charge >= 0.3 is 6.09 Å². The number of hydrogen-bond donors (Lipinski definition) is 1. The molecule has 1 aromatic heterocycles. The average molecular weight is 366 g/mol. The van der Waals surface area contributed by atoms with Crippen LogP contribution >= 0.6 is 0 Å². The van der Waals surface area contributed by atoms with Crippen molar-refractivity contribution in [1.29, 1.82) is 5.26 Å². The van der Waals surface area contributed by atoms with Gasteiger partial charge < -0.3 is 15.0 Å². The average Bonchev–Trinajstić information content (AvgIpc) is 3.10. The Kier molecular flexibility index (Phi) is 5.22. The van der Waals surface area contributed by atoms with Crippen molar-refractivity contribution in [3.05, 3.63) is 36.0 Å². The summed E-state index contributed by atoms with van der Waals surface area (Å²) in [6.07, 6.45) is 2.43. The minimum absolute atomic E-state index is 0.159. The largest absolute Gasteiger partial charge is 0.444 e. The summed E-state index contributed by atoms with van der Waals surface area (Å²) in [5, 5.41) is 14.5. The van der Waals surface area contributed by atoms with E-state index in [4.69, 9.17) is 10.00 Å². The number of aromatic nitrogens is 1. The van der Waals surface area contributed by atoms with Gasteiger partial charge in [0.1, 0.15) is 11.4 Å². The predicted molar refractivity (Wildman–Crippen MR) is 105 cm³/mol. The topological polar surface area (TPSA) is 78.3 Å². The molecule has 1 aliphatic rings. The number of fused-ring (bicyclic) bond motifs is 1. The maximum atomic E-state index is 12.3. The van der Waals surface area contributed by atoms with Gasteiger partial charge in [0.05, 0.1) is 11.6 Å². The zero-order valence-electron chi connectivity index (χ0n) is 16.3. The minimum Gasteiger partial charge on any atom is -0.444 e. The van der Waals surface area contributed by atoms with Crippen molar-refractivity contribution in [2.75, 3.05) is 18.4 Å². The van der Waals surface area contributed by atoms with Crippen LogP contribution in [0.3, 0.4) is 0 Å². The van der Waals surface area contributed by atoms with Crippen LogP contribution in [0.4, 0.5) is 10.6 Å². The van der Waals surface area contributed by atoms with E-state index in [1.165, 1.54) is 0 Å². The molecule has 0 aliphatic carbocycles. The smallest absolute Gasteiger partial charge is 0.410 e. The van der Waals surface area contributed by atoms with Crippen molar-refractivity contribution in [3.8, 4) is 6.07 Å². The third kappa shape index (κ3) is 4.48. The van der Waals surface area contributed by atoms with Gasteiger partial charge in [0, 0.05) is 30.7 Å². The highest BCUT2D eigenvalue weighted by Crippen LogP contribution is 2.27. The Morgan fingerprint density at radius 1 is 1.41 bits per heavy atom. The van der Waals surface area contributed by atoms with Crippen molar-refractivity contribution in [2.45, 2.75) is 45.8 Å². The molecule has 1 aliphatic heterocycles. The quantitative estimate of drug-likeness (QED) is 0.882. The summed E-state index contributed by atoms with van der Waals surface area (Å²) in [5.41, 5.74) is 0.158. The van der Waals surface area contributed by atoms with Crippen LogP contribution in [0.25, 0.3) is 10.8 Å². The number of amides is 1. The van der Waals surface area contributed by atoms with Gasteiger partial charge in [-0.05, 0) is 69.7 Å². The number of nitrogens with one attached hydrogen (secondary N) is 1. The van der Waals surface area contributed by atoms with Gasteiger partial charge in [-0.3, -0.25) is 0 Å². The van der Waals surface area contributed by atoms with Crippen LogP contribution in [0, 0.1) is 17.2 Å². The molecule has 0 spiro atoms. The number of likely N-dealkylation sites (tertiary alicyclic amines) is 1. The normalized spacial score (nSPS) is 18.2. The number of anilines is 1. The fraction of sp³-hybridized carbons (Fsp3) is 0.476. The van der Waals surface area contributed by atoms with E-state index in [2.05, 4.69) is 23.3 Å². The molecule has 2 heterocycles. The number of hydrogen-bond acceptors (Lipinski definition) is 5. The van der Waals surface area contributed by atoms with Gasteiger partial charge in [-0.25, -0.2) is 9.78 Å². The number of benzene rings is 1. The third-order valence-electron chi connectivity index (χ3n) is 4.84. The standard InChI is InChI=1S/C21H26N4O2/c1-14(17-8-10-25(13-17)20(26)27-21(2,3)4)24-19-18-6-5-15(12-22)11-16(18)7-9-23-19/h5-7,9,11,14,17H,8,10,13H2,1-4H3,(H,23,24). The molecule has 2 unspecified atom stereocenters. The molecule has 6 heteroatoms. The lowest BCUT2D eigenvalue weighted by Gasteiger charge is -2.25. The lowest BCUT2D eigenvalue weighted by atomic mass is 10.00. The molecule has 0 bridgehead atoms. The monoisotopic (exact) mass is 366 g/mol. The summed E-state index contributed by atoms with van der Waals surface area (Å²) in [4.78, 5) is 18.5. The van der Waals surface area contributed by atoms with Crippen molar-refractivity contribution in [3.63, 3.8) is 0 Å². The van der Waals surface area contributed by atoms with Gasteiger partial charge in [-0.2, -0.15) is 5.26 Å². The first-order chi connectivity index (χ1) is 12.8. The molecule has 0 radical (unpaired) electrons. The Hall–Kier alpha value is -2.81. The Balaban J connectivity index is 1.68. The van der Waals surface area contributed by atoms with Gasteiger partial charge in [-0.15, -0.1) is 0 Å². The van der Waals surface area contributed by atoms with Gasteiger partial charge in [0.25, 0.3) is 0 Å². The highest BCUT2D eigenvalue weighted by Gasteiger charge is 2.32. The van der Waals surface area contributed by atoms with E-state index in [1.54, 1.807) is 17.2 Å². The molecule has 1 N–H and O–H groups in total. The van der Waals surface area contributed by atoms with Crippen molar-refractivity contribution < 1.29 is 9.53 Å². The summed E-state index contributed by atoms with van der Waals surface area (Å²) in [7, 11) is 0. The summed E-state index contributed by atoms with van der Waals surface area (Å²) in [5.74, 6) is 1.13. The van der Waals surface area contributed by atoms with E-state index >= 15 is 0 Å². The Morgan fingerprint density at radius 2 is 2.19 bits per heavy atom. The molecule has 1 aromatic carbocycles. The first-order valence-electron chi connectivity index (χ1n) is 9.30. The van der Waals surface area contributed by atoms with E-state index < -0.39 is 5.60 Å². The predicted octanol–water partition coefficient (Wildman–Crippen LogP) is 4.16. The molecular weight excluding hydrogens is 340 g/mol. The lowest BCUT2D eigenvalue weighted by Crippen LogP contribution is -2.36. The zero-order chi connectivity index (χ0) is 19.6. The van der Waals surface area contributed by atoms with E-state index in [0.29, 0.717) is 24.6 Å². The van der Waals surface area contributed by atoms with Crippen LogP contribution in [-0.2, 0) is 4.74 Å². The second-order valence-corrected chi connectivity index (χ2v) is 8.12. The number of carbonyl (C=O) groups is 1. The maximum Gasteiger partial charge on any atom is 0.410 e. The number of ether oxygens (including phenoxy) is 1. The van der Waals surface area contributed by atoms with Gasteiger partial charge in [0.15, 0.2) is 0 Å². The van der Waals surface area contributed by atoms with Gasteiger partial charge in [0.2, 0.25) is 0 Å². The first kappa shape index (κ1) is 19.0. The Bertz CT molecular complexity index is 882. The highest BCUT2D eigenvalue weighted by molar-refractivity contribution is 5.92. The van der Waals surface area contributed by atoms with E-state index in [-0.39, 0.29) is 12.1 Å². The van der Waals surface area contributed by atoms with Crippen LogP contribution in [0.2, 0.25) is 0 Å². The Labute approximate surface area is 160 Å². The lowest BCUT2D eigenvalue weighted by molar-refractivity contribution is 0.0287. The summed E-state index contributed by atoms with van der Waals surface area (Å²) < 4.78 is 5.48. The molecule has 0 saturated carbocycles. The molecule has 2 atom stereocenters. The molecule has 1 saturated heterocycles. The summed E-state index contributed by atoms with van der Waals surface area (Å²) in [6.45, 7) is 9.14. The second-order valence-electron chi connectivity index (χ2n) is 8.12. The summed E-state index contributed by atoms with van der Waals surface area (Å²) in [6, 6.07) is 9.83. The second kappa shape index (κ2) is 7.43. The number of nitrogens with zero attached hydrogens (tertiary/aromatic N) is 3. The van der Waals surface area contributed by atoms with Crippen LogP contribution in [0.15, 0.2) is 30.5 Å². The van der Waals surface area contributed by atoms with Crippen LogP contribution in [0.5, 0.6) is 0 Å². The minimum atomic E-state index is -0.478. The zero-order valence-corrected chi connectivity index (χ0v) is 16.3. The first-order valence-corrected chi connectivity index (χ1v) is 9.30. The van der Waals surface area contributed by atoms with Crippen molar-refractivity contribution in [1.82, 2.24) is 9.88 Å². The molecular formula is C21H26N4O2. The molecule has 3 rings (SSSR count). The third-order valence-corrected chi connectivity index (χ3v) is 4.84. The molecule has 27 heavy (non-hydrogen) atoms. The maximum absolute atomic E-state index is 12.3. The van der Waals surface area contributed by atoms with E-state index in [1.807, 2.05) is 39.0 Å². The van der Waals surface area contributed by atoms with E-state index in [0.717, 1.165) is 23.0 Å². The molecule has 2 aromatic rings. The SMILES string of the molecule is CC(Nc1nccc2cc(C#N)ccc12)C1CCN(C(=O)OC(C)(C)C)C1. The Morgan fingerprint density at radius 3 is 2.89 bits per heavy atom. The van der Waals surface area contributed by atoms with E-state index in [9.17, 15) is 4.79 Å². The fourth-order valence-electron chi connectivity index (χ4n) is 3.38. The molecule has 142 valence electrons. The van der Waals surface area contributed by atoms with Crippen LogP contribution in [-0.4, -0.2) is 40.7 Å². The molecule has 6 nitrogen and oxygen atoms in total. The van der Waals surface area contributed by atoms with Crippen LogP contribution < -0.4 is 5.32 Å². The number of rotatable bonds is 3. The summed E-state index contributed by atoms with van der Waals surface area (Å²) >= 11 is 0. The number of carbonyl (C=O) groups excluding carboxylic acids is 1. The van der Waals surface area contributed by atoms with Gasteiger partial charge in [-0.1, -0.05) is 0 Å². The van der Waals surface area contributed by atoms with Crippen molar-refractivity contribution >= 4 is 22.7 Å². The van der Waals surface area contributed by atoms with Crippen molar-refractivity contribution in [2.24, 2.45) is 5.92 Å². The number of pyridine rings is 1.